The first-order valence-corrected chi connectivity index (χ1v) is 9.50. The molecule has 134 valence electrons. The number of benzene rings is 1. The third-order valence-corrected chi connectivity index (χ3v) is 5.06. The first-order chi connectivity index (χ1) is 12.1. The van der Waals surface area contributed by atoms with Crippen molar-refractivity contribution in [1.82, 2.24) is 9.47 Å². The molecule has 0 bridgehead atoms. The molecule has 1 aromatic heterocycles. The fourth-order valence-electron chi connectivity index (χ4n) is 3.52. The van der Waals surface area contributed by atoms with Crippen LogP contribution < -0.4 is 5.56 Å². The number of carbonyl (C=O) groups is 1. The van der Waals surface area contributed by atoms with Crippen LogP contribution in [0.5, 0.6) is 0 Å². The van der Waals surface area contributed by atoms with Crippen molar-refractivity contribution in [1.29, 1.82) is 0 Å². The van der Waals surface area contributed by atoms with Gasteiger partial charge in [-0.3, -0.25) is 9.59 Å². The summed E-state index contributed by atoms with van der Waals surface area (Å²) in [5.74, 6) is 0.494. The Balaban J connectivity index is 2.05. The fourth-order valence-corrected chi connectivity index (χ4v) is 3.52. The number of pyridine rings is 1. The summed E-state index contributed by atoms with van der Waals surface area (Å²) >= 11 is 0. The van der Waals surface area contributed by atoms with Gasteiger partial charge >= 0.3 is 0 Å². The van der Waals surface area contributed by atoms with E-state index in [1.165, 1.54) is 12.8 Å². The molecule has 4 nitrogen and oxygen atoms in total. The Bertz CT molecular complexity index is 799. The SMILES string of the molecule is CC(C)CCn1c(C(=O)N2CCCCCC2)cc2ccccc2c1=O. The van der Waals surface area contributed by atoms with Crippen LogP contribution >= 0.6 is 0 Å². The molecule has 3 rings (SSSR count). The van der Waals surface area contributed by atoms with E-state index in [1.807, 2.05) is 35.2 Å². The third-order valence-electron chi connectivity index (χ3n) is 5.06. The summed E-state index contributed by atoms with van der Waals surface area (Å²) in [5.41, 5.74) is 0.503. The van der Waals surface area contributed by atoms with Gasteiger partial charge < -0.3 is 9.47 Å². The maximum atomic E-state index is 13.2. The van der Waals surface area contributed by atoms with E-state index >= 15 is 0 Å². The molecule has 25 heavy (non-hydrogen) atoms. The number of nitrogens with zero attached hydrogens (tertiary/aromatic N) is 2. The quantitative estimate of drug-likeness (QED) is 0.842. The number of carbonyl (C=O) groups excluding carboxylic acids is 1. The second-order valence-corrected chi connectivity index (χ2v) is 7.46. The summed E-state index contributed by atoms with van der Waals surface area (Å²) in [5, 5.41) is 1.55. The average Bonchev–Trinajstić information content (AvgIpc) is 2.89. The Morgan fingerprint density at radius 3 is 2.44 bits per heavy atom. The number of aromatic nitrogens is 1. The molecular weight excluding hydrogens is 312 g/mol. The molecule has 0 spiro atoms. The summed E-state index contributed by atoms with van der Waals surface area (Å²) in [7, 11) is 0. The molecule has 1 amide bonds. The van der Waals surface area contributed by atoms with Crippen molar-refractivity contribution >= 4 is 16.7 Å². The van der Waals surface area contributed by atoms with Crippen molar-refractivity contribution in [2.75, 3.05) is 13.1 Å². The summed E-state index contributed by atoms with van der Waals surface area (Å²) in [6, 6.07) is 9.48. The van der Waals surface area contributed by atoms with Gasteiger partial charge in [0.1, 0.15) is 5.69 Å². The zero-order valence-corrected chi connectivity index (χ0v) is 15.3. The molecule has 1 aliphatic heterocycles. The first kappa shape index (κ1) is 17.7. The van der Waals surface area contributed by atoms with Crippen LogP contribution in [0.2, 0.25) is 0 Å². The van der Waals surface area contributed by atoms with Crippen LogP contribution in [-0.2, 0) is 6.54 Å². The summed E-state index contributed by atoms with van der Waals surface area (Å²) in [6.45, 7) is 6.47. The Morgan fingerprint density at radius 2 is 1.76 bits per heavy atom. The molecule has 0 radical (unpaired) electrons. The van der Waals surface area contributed by atoms with E-state index in [2.05, 4.69) is 13.8 Å². The topological polar surface area (TPSA) is 42.3 Å². The van der Waals surface area contributed by atoms with E-state index < -0.39 is 0 Å². The van der Waals surface area contributed by atoms with E-state index in [1.54, 1.807) is 4.57 Å². The van der Waals surface area contributed by atoms with E-state index in [0.717, 1.165) is 37.7 Å². The van der Waals surface area contributed by atoms with Crippen molar-refractivity contribution in [3.8, 4) is 0 Å². The molecule has 1 aliphatic rings. The molecule has 0 aliphatic carbocycles. The molecular formula is C21H28N2O2. The second-order valence-electron chi connectivity index (χ2n) is 7.46. The normalized spacial score (nSPS) is 15.6. The van der Waals surface area contributed by atoms with Crippen LogP contribution in [0, 0.1) is 5.92 Å². The minimum absolute atomic E-state index is 0.00788. The van der Waals surface area contributed by atoms with Crippen molar-refractivity contribution in [3.05, 3.63) is 46.4 Å². The van der Waals surface area contributed by atoms with Crippen molar-refractivity contribution in [2.24, 2.45) is 5.92 Å². The van der Waals surface area contributed by atoms with Crippen LogP contribution in [0.25, 0.3) is 10.8 Å². The van der Waals surface area contributed by atoms with E-state index in [0.29, 0.717) is 23.5 Å². The third kappa shape index (κ3) is 3.94. The first-order valence-electron chi connectivity index (χ1n) is 9.50. The average molecular weight is 340 g/mol. The smallest absolute Gasteiger partial charge is 0.270 e. The molecule has 1 saturated heterocycles. The highest BCUT2D eigenvalue weighted by Gasteiger charge is 2.22. The van der Waals surface area contributed by atoms with Gasteiger partial charge in [-0.05, 0) is 42.7 Å². The van der Waals surface area contributed by atoms with Crippen LogP contribution in [0.1, 0.15) is 56.4 Å². The van der Waals surface area contributed by atoms with Crippen LogP contribution in [0.4, 0.5) is 0 Å². The number of hydrogen-bond acceptors (Lipinski definition) is 2. The lowest BCUT2D eigenvalue weighted by atomic mass is 10.1. The standard InChI is InChI=1S/C21H28N2O2/c1-16(2)11-14-23-19(21(25)22-12-7-3-4-8-13-22)15-17-9-5-6-10-18(17)20(23)24/h5-6,9-10,15-16H,3-4,7-8,11-14H2,1-2H3. The number of amides is 1. The number of hydrogen-bond donors (Lipinski definition) is 0. The zero-order valence-electron chi connectivity index (χ0n) is 15.3. The lowest BCUT2D eigenvalue weighted by molar-refractivity contribution is 0.0749. The zero-order chi connectivity index (χ0) is 17.8. The van der Waals surface area contributed by atoms with Gasteiger partial charge in [-0.15, -0.1) is 0 Å². The summed E-state index contributed by atoms with van der Waals surface area (Å²) in [4.78, 5) is 28.1. The Labute approximate surface area is 149 Å². The minimum atomic E-state index is -0.0445. The van der Waals surface area contributed by atoms with Crippen LogP contribution in [0.3, 0.4) is 0 Å². The van der Waals surface area contributed by atoms with Crippen molar-refractivity contribution in [3.63, 3.8) is 0 Å². The van der Waals surface area contributed by atoms with Gasteiger partial charge in [0.15, 0.2) is 0 Å². The largest absolute Gasteiger partial charge is 0.337 e. The maximum Gasteiger partial charge on any atom is 0.270 e. The molecule has 0 saturated carbocycles. The maximum absolute atomic E-state index is 13.2. The van der Waals surface area contributed by atoms with E-state index in [9.17, 15) is 9.59 Å². The van der Waals surface area contributed by atoms with Gasteiger partial charge in [-0.2, -0.15) is 0 Å². The molecule has 4 heteroatoms. The molecule has 2 heterocycles. The number of rotatable bonds is 4. The van der Waals surface area contributed by atoms with Crippen LogP contribution in [-0.4, -0.2) is 28.5 Å². The fraction of sp³-hybridized carbons (Fsp3) is 0.524. The number of fused-ring (bicyclic) bond motifs is 1. The van der Waals surface area contributed by atoms with E-state index in [-0.39, 0.29) is 11.5 Å². The van der Waals surface area contributed by atoms with Crippen LogP contribution in [0.15, 0.2) is 35.1 Å². The highest BCUT2D eigenvalue weighted by atomic mass is 16.2. The molecule has 1 aromatic carbocycles. The van der Waals surface area contributed by atoms with Crippen molar-refractivity contribution < 1.29 is 4.79 Å². The highest BCUT2D eigenvalue weighted by molar-refractivity contribution is 5.96. The monoisotopic (exact) mass is 340 g/mol. The summed E-state index contributed by atoms with van der Waals surface area (Å²) in [6.07, 6.45) is 5.35. The highest BCUT2D eigenvalue weighted by Crippen LogP contribution is 2.17. The van der Waals surface area contributed by atoms with Gasteiger partial charge in [0, 0.05) is 25.0 Å². The van der Waals surface area contributed by atoms with Gasteiger partial charge in [0.25, 0.3) is 11.5 Å². The Hall–Kier alpha value is -2.10. The molecule has 1 fully saturated rings. The Kier molecular flexibility index (Phi) is 5.57. The number of likely N-dealkylation sites (tertiary alicyclic amines) is 1. The van der Waals surface area contributed by atoms with Crippen molar-refractivity contribution in [2.45, 2.75) is 52.5 Å². The molecule has 0 N–H and O–H groups in total. The lowest BCUT2D eigenvalue weighted by Gasteiger charge is -2.23. The Morgan fingerprint density at radius 1 is 1.08 bits per heavy atom. The molecule has 0 atom stereocenters. The van der Waals surface area contributed by atoms with Gasteiger partial charge in [0.05, 0.1) is 0 Å². The predicted octanol–water partition coefficient (Wildman–Crippen LogP) is 4.06. The van der Waals surface area contributed by atoms with Gasteiger partial charge in [-0.25, -0.2) is 0 Å². The van der Waals surface area contributed by atoms with E-state index in [4.69, 9.17) is 0 Å². The molecule has 0 unspecified atom stereocenters. The predicted molar refractivity (Wildman–Crippen MR) is 102 cm³/mol. The minimum Gasteiger partial charge on any atom is -0.337 e. The van der Waals surface area contributed by atoms with Gasteiger partial charge in [-0.1, -0.05) is 44.9 Å². The van der Waals surface area contributed by atoms with Gasteiger partial charge in [0.2, 0.25) is 0 Å². The second kappa shape index (κ2) is 7.85. The lowest BCUT2D eigenvalue weighted by Crippen LogP contribution is -2.37. The molecule has 2 aromatic rings. The summed E-state index contributed by atoms with van der Waals surface area (Å²) < 4.78 is 1.70.